The van der Waals surface area contributed by atoms with Gasteiger partial charge in [-0.15, -0.1) is 0 Å². The Morgan fingerprint density at radius 3 is 2.30 bits per heavy atom. The Bertz CT molecular complexity index is 576. The van der Waals surface area contributed by atoms with E-state index in [0.717, 1.165) is 0 Å². The standard InChI is InChI=1S/C16H27NO5S/c1-15(2,3)5-4-12(14(19)20)17-13(18)11-10-16(11)6-8-23(21,22)9-7-16/h11-12H,4-10H2,1-3H3,(H,17,18)(H,19,20). The van der Waals surface area contributed by atoms with Crippen LogP contribution in [-0.4, -0.2) is 42.9 Å². The molecular weight excluding hydrogens is 318 g/mol. The summed E-state index contributed by atoms with van der Waals surface area (Å²) in [7, 11) is -2.95. The predicted molar refractivity (Wildman–Crippen MR) is 86.7 cm³/mol. The van der Waals surface area contributed by atoms with Crippen LogP contribution in [0.2, 0.25) is 0 Å². The number of carboxylic acids is 1. The number of sulfone groups is 1. The van der Waals surface area contributed by atoms with Crippen molar-refractivity contribution in [1.82, 2.24) is 5.32 Å². The summed E-state index contributed by atoms with van der Waals surface area (Å²) in [5.41, 5.74) is -0.195. The van der Waals surface area contributed by atoms with Crippen molar-refractivity contribution in [2.24, 2.45) is 16.7 Å². The van der Waals surface area contributed by atoms with Crippen molar-refractivity contribution in [3.63, 3.8) is 0 Å². The number of carbonyl (C=O) groups excluding carboxylic acids is 1. The predicted octanol–water partition coefficient (Wildman–Crippen LogP) is 1.60. The maximum atomic E-state index is 12.4. The van der Waals surface area contributed by atoms with Crippen LogP contribution in [0.15, 0.2) is 0 Å². The van der Waals surface area contributed by atoms with Gasteiger partial charge in [0.1, 0.15) is 15.9 Å². The van der Waals surface area contributed by atoms with Gasteiger partial charge in [-0.2, -0.15) is 0 Å². The zero-order valence-electron chi connectivity index (χ0n) is 14.1. The van der Waals surface area contributed by atoms with E-state index in [4.69, 9.17) is 0 Å². The number of carboxylic acid groups (broad SMARTS) is 1. The van der Waals surface area contributed by atoms with E-state index in [2.05, 4.69) is 5.32 Å². The number of aliphatic carboxylic acids is 1. The molecule has 0 radical (unpaired) electrons. The summed E-state index contributed by atoms with van der Waals surface area (Å²) in [5, 5.41) is 12.0. The summed E-state index contributed by atoms with van der Waals surface area (Å²) in [6, 6.07) is -0.869. The lowest BCUT2D eigenvalue weighted by Crippen LogP contribution is -2.43. The fraction of sp³-hybridized carbons (Fsp3) is 0.875. The molecule has 7 heteroatoms. The van der Waals surface area contributed by atoms with Crippen LogP contribution in [0.5, 0.6) is 0 Å². The van der Waals surface area contributed by atoms with E-state index >= 15 is 0 Å². The van der Waals surface area contributed by atoms with Crippen LogP contribution < -0.4 is 5.32 Å². The number of nitrogens with one attached hydrogen (secondary N) is 1. The molecule has 2 atom stereocenters. The largest absolute Gasteiger partial charge is 0.480 e. The maximum absolute atomic E-state index is 12.4. The second kappa shape index (κ2) is 6.07. The van der Waals surface area contributed by atoms with Crippen LogP contribution in [0, 0.1) is 16.7 Å². The number of rotatable bonds is 5. The number of carbonyl (C=O) groups is 2. The molecule has 2 fully saturated rings. The highest BCUT2D eigenvalue weighted by atomic mass is 32.2. The van der Waals surface area contributed by atoms with Gasteiger partial charge in [0.25, 0.3) is 0 Å². The maximum Gasteiger partial charge on any atom is 0.326 e. The molecule has 1 aliphatic carbocycles. The molecule has 0 aromatic rings. The zero-order valence-corrected chi connectivity index (χ0v) is 14.9. The average Bonchev–Trinajstić information content (AvgIpc) is 3.12. The molecule has 2 aliphatic rings. The van der Waals surface area contributed by atoms with Crippen molar-refractivity contribution in [3.8, 4) is 0 Å². The molecule has 132 valence electrons. The second-order valence-electron chi connectivity index (χ2n) is 8.27. The van der Waals surface area contributed by atoms with Crippen LogP contribution in [-0.2, 0) is 19.4 Å². The first-order chi connectivity index (χ1) is 10.4. The summed E-state index contributed by atoms with van der Waals surface area (Å²) in [6.07, 6.45) is 2.83. The number of hydrogen-bond donors (Lipinski definition) is 2. The van der Waals surface area contributed by atoms with Gasteiger partial charge in [0.05, 0.1) is 11.5 Å². The van der Waals surface area contributed by atoms with E-state index in [1.54, 1.807) is 0 Å². The Hall–Kier alpha value is -1.11. The molecule has 1 spiro atoms. The van der Waals surface area contributed by atoms with Crippen molar-refractivity contribution < 1.29 is 23.1 Å². The van der Waals surface area contributed by atoms with Crippen molar-refractivity contribution in [1.29, 1.82) is 0 Å². The summed E-state index contributed by atoms with van der Waals surface area (Å²) in [5.74, 6) is -1.18. The van der Waals surface area contributed by atoms with Gasteiger partial charge in [0.2, 0.25) is 5.91 Å². The topological polar surface area (TPSA) is 101 Å². The van der Waals surface area contributed by atoms with Crippen molar-refractivity contribution in [2.75, 3.05) is 11.5 Å². The molecular formula is C16H27NO5S. The van der Waals surface area contributed by atoms with Gasteiger partial charge < -0.3 is 10.4 Å². The smallest absolute Gasteiger partial charge is 0.326 e. The molecule has 0 aromatic heterocycles. The van der Waals surface area contributed by atoms with Gasteiger partial charge in [-0.1, -0.05) is 20.8 Å². The van der Waals surface area contributed by atoms with Crippen LogP contribution >= 0.6 is 0 Å². The normalized spacial score (nSPS) is 26.5. The molecule has 1 saturated heterocycles. The van der Waals surface area contributed by atoms with Gasteiger partial charge in [-0.3, -0.25) is 4.79 Å². The molecule has 0 aromatic carbocycles. The molecule has 6 nitrogen and oxygen atoms in total. The highest BCUT2D eigenvalue weighted by Gasteiger charge is 2.59. The lowest BCUT2D eigenvalue weighted by atomic mass is 9.88. The van der Waals surface area contributed by atoms with Gasteiger partial charge in [-0.25, -0.2) is 13.2 Å². The molecule has 0 bridgehead atoms. The van der Waals surface area contributed by atoms with Crippen molar-refractivity contribution >= 4 is 21.7 Å². The van der Waals surface area contributed by atoms with E-state index in [1.165, 1.54) is 0 Å². The van der Waals surface area contributed by atoms with Crippen LogP contribution in [0.4, 0.5) is 0 Å². The van der Waals surface area contributed by atoms with E-state index in [-0.39, 0.29) is 34.2 Å². The Balaban J connectivity index is 1.90. The third-order valence-electron chi connectivity index (χ3n) is 5.13. The lowest BCUT2D eigenvalue weighted by Gasteiger charge is -2.24. The first-order valence-corrected chi connectivity index (χ1v) is 10.00. The Morgan fingerprint density at radius 2 is 1.83 bits per heavy atom. The summed E-state index contributed by atoms with van der Waals surface area (Å²) < 4.78 is 23.0. The summed E-state index contributed by atoms with van der Waals surface area (Å²) >= 11 is 0. The Labute approximate surface area is 137 Å². The van der Waals surface area contributed by atoms with E-state index in [9.17, 15) is 23.1 Å². The second-order valence-corrected chi connectivity index (χ2v) is 10.6. The fourth-order valence-electron chi connectivity index (χ4n) is 3.32. The van der Waals surface area contributed by atoms with Gasteiger partial charge in [-0.05, 0) is 42.9 Å². The molecule has 1 saturated carbocycles. The molecule has 2 rings (SSSR count). The molecule has 2 N–H and O–H groups in total. The monoisotopic (exact) mass is 345 g/mol. The minimum absolute atomic E-state index is 0.0109. The highest BCUT2D eigenvalue weighted by Crippen LogP contribution is 2.59. The van der Waals surface area contributed by atoms with E-state index < -0.39 is 21.8 Å². The average molecular weight is 345 g/mol. The van der Waals surface area contributed by atoms with E-state index in [0.29, 0.717) is 32.1 Å². The molecule has 1 heterocycles. The van der Waals surface area contributed by atoms with Crippen molar-refractivity contribution in [3.05, 3.63) is 0 Å². The summed E-state index contributed by atoms with van der Waals surface area (Å²) in [6.45, 7) is 6.10. The fourth-order valence-corrected chi connectivity index (χ4v) is 4.96. The molecule has 1 amide bonds. The molecule has 1 aliphatic heterocycles. The zero-order chi connectivity index (χ0) is 17.5. The quantitative estimate of drug-likeness (QED) is 0.788. The van der Waals surface area contributed by atoms with Crippen LogP contribution in [0.1, 0.15) is 52.9 Å². The molecule has 23 heavy (non-hydrogen) atoms. The summed E-state index contributed by atoms with van der Waals surface area (Å²) in [4.78, 5) is 23.7. The minimum atomic E-state index is -2.95. The first kappa shape index (κ1) is 18.2. The van der Waals surface area contributed by atoms with E-state index in [1.807, 2.05) is 20.8 Å². The number of hydrogen-bond acceptors (Lipinski definition) is 4. The minimum Gasteiger partial charge on any atom is -0.480 e. The SMILES string of the molecule is CC(C)(C)CCC(NC(=O)C1CC12CCS(=O)(=O)CC2)C(=O)O. The van der Waals surface area contributed by atoms with Crippen LogP contribution in [0.3, 0.4) is 0 Å². The molecule has 2 unspecified atom stereocenters. The Kier molecular flexibility index (Phi) is 4.81. The third kappa shape index (κ3) is 4.68. The first-order valence-electron chi connectivity index (χ1n) is 8.18. The Morgan fingerprint density at radius 1 is 1.26 bits per heavy atom. The third-order valence-corrected chi connectivity index (χ3v) is 6.78. The van der Waals surface area contributed by atoms with Crippen LogP contribution in [0.25, 0.3) is 0 Å². The van der Waals surface area contributed by atoms with Gasteiger partial charge >= 0.3 is 5.97 Å². The van der Waals surface area contributed by atoms with Gasteiger partial charge in [0.15, 0.2) is 0 Å². The lowest BCUT2D eigenvalue weighted by molar-refractivity contribution is -0.142. The van der Waals surface area contributed by atoms with Gasteiger partial charge in [0, 0.05) is 5.92 Å². The number of amides is 1. The highest BCUT2D eigenvalue weighted by molar-refractivity contribution is 7.91. The van der Waals surface area contributed by atoms with Crippen molar-refractivity contribution in [2.45, 2.75) is 58.9 Å².